The molecule has 0 unspecified atom stereocenters. The predicted octanol–water partition coefficient (Wildman–Crippen LogP) is 3.68. The Bertz CT molecular complexity index is 941. The first-order valence-corrected chi connectivity index (χ1v) is 7.50. The van der Waals surface area contributed by atoms with Crippen molar-refractivity contribution in [2.24, 2.45) is 0 Å². The number of pyridine rings is 1. The molecule has 0 amide bonds. The van der Waals surface area contributed by atoms with Gasteiger partial charge in [0, 0.05) is 28.2 Å². The van der Waals surface area contributed by atoms with Crippen LogP contribution in [0.1, 0.15) is 22.8 Å². The van der Waals surface area contributed by atoms with Crippen LogP contribution in [0.15, 0.2) is 53.3 Å². The van der Waals surface area contributed by atoms with Gasteiger partial charge < -0.3 is 9.72 Å². The molecule has 0 atom stereocenters. The zero-order valence-corrected chi connectivity index (χ0v) is 13.1. The summed E-state index contributed by atoms with van der Waals surface area (Å²) in [5.74, 6) is -0.339. The van der Waals surface area contributed by atoms with Crippen LogP contribution in [0.5, 0.6) is 0 Å². The highest BCUT2D eigenvalue weighted by Gasteiger charge is 2.11. The van der Waals surface area contributed by atoms with Crippen LogP contribution in [0.4, 0.5) is 0 Å². The van der Waals surface area contributed by atoms with Crippen molar-refractivity contribution >= 4 is 16.9 Å². The summed E-state index contributed by atoms with van der Waals surface area (Å²) >= 11 is 0. The van der Waals surface area contributed by atoms with Crippen molar-refractivity contribution in [3.63, 3.8) is 0 Å². The van der Waals surface area contributed by atoms with Gasteiger partial charge in [-0.25, -0.2) is 4.79 Å². The first-order chi connectivity index (χ1) is 11.1. The van der Waals surface area contributed by atoms with E-state index in [-0.39, 0.29) is 11.4 Å². The normalized spacial score (nSPS) is 10.7. The molecule has 0 fully saturated rings. The molecular weight excluding hydrogens is 290 g/mol. The number of aromatic amines is 1. The molecule has 1 heterocycles. The van der Waals surface area contributed by atoms with E-state index in [1.807, 2.05) is 31.2 Å². The van der Waals surface area contributed by atoms with Gasteiger partial charge in [0.15, 0.2) is 5.43 Å². The second-order valence-corrected chi connectivity index (χ2v) is 5.34. The third kappa shape index (κ3) is 2.88. The molecule has 0 spiro atoms. The number of carbonyl (C=O) groups excluding carboxylic acids is 1. The molecule has 23 heavy (non-hydrogen) atoms. The molecule has 0 aliphatic rings. The number of rotatable bonds is 3. The van der Waals surface area contributed by atoms with Crippen molar-refractivity contribution in [2.75, 3.05) is 6.61 Å². The number of esters is 1. The van der Waals surface area contributed by atoms with Gasteiger partial charge in [0.2, 0.25) is 0 Å². The van der Waals surface area contributed by atoms with Gasteiger partial charge in [-0.2, -0.15) is 0 Å². The fourth-order valence-corrected chi connectivity index (χ4v) is 2.65. The molecule has 0 radical (unpaired) electrons. The summed E-state index contributed by atoms with van der Waals surface area (Å²) in [6, 6.07) is 14.3. The van der Waals surface area contributed by atoms with Crippen LogP contribution in [0, 0.1) is 6.92 Å². The van der Waals surface area contributed by atoms with E-state index in [0.717, 1.165) is 22.3 Å². The van der Waals surface area contributed by atoms with Crippen molar-refractivity contribution in [3.8, 4) is 11.3 Å². The second-order valence-electron chi connectivity index (χ2n) is 5.34. The van der Waals surface area contributed by atoms with E-state index >= 15 is 0 Å². The predicted molar refractivity (Wildman–Crippen MR) is 90.7 cm³/mol. The van der Waals surface area contributed by atoms with E-state index in [1.165, 1.54) is 0 Å². The Labute approximate surface area is 133 Å². The molecule has 0 saturated heterocycles. The molecule has 116 valence electrons. The first kappa shape index (κ1) is 15.0. The molecule has 1 N–H and O–H groups in total. The van der Waals surface area contributed by atoms with E-state index in [4.69, 9.17) is 4.74 Å². The molecule has 1 aromatic heterocycles. The van der Waals surface area contributed by atoms with Gasteiger partial charge in [0.05, 0.1) is 12.2 Å². The molecule has 2 aromatic carbocycles. The number of ether oxygens (including phenoxy) is 1. The van der Waals surface area contributed by atoms with Gasteiger partial charge in [-0.05, 0) is 43.7 Å². The van der Waals surface area contributed by atoms with Crippen LogP contribution in [0.3, 0.4) is 0 Å². The molecule has 0 aliphatic heterocycles. The highest BCUT2D eigenvalue weighted by atomic mass is 16.5. The fraction of sp³-hybridized carbons (Fsp3) is 0.158. The van der Waals surface area contributed by atoms with Gasteiger partial charge in [-0.3, -0.25) is 4.79 Å². The molecule has 4 nitrogen and oxygen atoms in total. The average Bonchev–Trinajstić information content (AvgIpc) is 2.55. The van der Waals surface area contributed by atoms with Crippen molar-refractivity contribution < 1.29 is 9.53 Å². The summed E-state index contributed by atoms with van der Waals surface area (Å²) in [6.07, 6.45) is 0. The molecule has 0 aliphatic carbocycles. The van der Waals surface area contributed by atoms with E-state index in [1.54, 1.807) is 31.2 Å². The number of benzene rings is 2. The highest BCUT2D eigenvalue weighted by Crippen LogP contribution is 2.23. The van der Waals surface area contributed by atoms with E-state index in [2.05, 4.69) is 4.98 Å². The number of aromatic nitrogens is 1. The summed E-state index contributed by atoms with van der Waals surface area (Å²) in [6.45, 7) is 4.03. The lowest BCUT2D eigenvalue weighted by Crippen LogP contribution is -2.06. The smallest absolute Gasteiger partial charge is 0.338 e. The van der Waals surface area contributed by atoms with E-state index < -0.39 is 0 Å². The van der Waals surface area contributed by atoms with Crippen LogP contribution in [-0.4, -0.2) is 17.6 Å². The maximum atomic E-state index is 12.3. The van der Waals surface area contributed by atoms with Crippen molar-refractivity contribution in [3.05, 3.63) is 69.9 Å². The number of para-hydroxylation sites is 1. The summed E-state index contributed by atoms with van der Waals surface area (Å²) in [4.78, 5) is 27.3. The van der Waals surface area contributed by atoms with Crippen LogP contribution in [0.2, 0.25) is 0 Å². The topological polar surface area (TPSA) is 59.2 Å². The summed E-state index contributed by atoms with van der Waals surface area (Å²) in [7, 11) is 0. The highest BCUT2D eigenvalue weighted by molar-refractivity contribution is 5.91. The number of nitrogens with one attached hydrogen (secondary N) is 1. The Morgan fingerprint density at radius 2 is 1.91 bits per heavy atom. The van der Waals surface area contributed by atoms with Crippen LogP contribution < -0.4 is 5.43 Å². The zero-order valence-electron chi connectivity index (χ0n) is 13.1. The van der Waals surface area contributed by atoms with Crippen LogP contribution in [0.25, 0.3) is 22.2 Å². The first-order valence-electron chi connectivity index (χ1n) is 7.50. The summed E-state index contributed by atoms with van der Waals surface area (Å²) in [5, 5.41) is 0.664. The van der Waals surface area contributed by atoms with E-state index in [9.17, 15) is 9.59 Å². The summed E-state index contributed by atoms with van der Waals surface area (Å²) < 4.78 is 5.01. The van der Waals surface area contributed by atoms with Crippen molar-refractivity contribution in [2.45, 2.75) is 13.8 Å². The van der Waals surface area contributed by atoms with Gasteiger partial charge in [-0.15, -0.1) is 0 Å². The van der Waals surface area contributed by atoms with Crippen molar-refractivity contribution in [1.29, 1.82) is 0 Å². The maximum Gasteiger partial charge on any atom is 0.338 e. The number of hydrogen-bond acceptors (Lipinski definition) is 3. The lowest BCUT2D eigenvalue weighted by molar-refractivity contribution is 0.0526. The van der Waals surface area contributed by atoms with Crippen molar-refractivity contribution in [1.82, 2.24) is 4.98 Å². The lowest BCUT2D eigenvalue weighted by atomic mass is 10.0. The number of aryl methyl sites for hydroxylation is 1. The standard InChI is InChI=1S/C19H17NO3/c1-3-23-19(22)13-8-9-14(12(2)10-13)17-11-18(21)15-6-4-5-7-16(15)20-17/h4-11H,3H2,1-2H3,(H,20,21). The largest absolute Gasteiger partial charge is 0.462 e. The Morgan fingerprint density at radius 3 is 2.65 bits per heavy atom. The monoisotopic (exact) mass is 307 g/mol. The van der Waals surface area contributed by atoms with Gasteiger partial charge in [0.25, 0.3) is 0 Å². The molecular formula is C19H17NO3. The minimum atomic E-state index is -0.339. The number of H-pyrrole nitrogens is 1. The molecule has 0 saturated carbocycles. The quantitative estimate of drug-likeness (QED) is 0.751. The number of carbonyl (C=O) groups is 1. The maximum absolute atomic E-state index is 12.3. The Morgan fingerprint density at radius 1 is 1.13 bits per heavy atom. The summed E-state index contributed by atoms with van der Waals surface area (Å²) in [5.41, 5.74) is 3.81. The molecule has 3 rings (SSSR count). The number of hydrogen-bond donors (Lipinski definition) is 1. The SMILES string of the molecule is CCOC(=O)c1ccc(-c2cc(=O)c3ccccc3[nH]2)c(C)c1. The van der Waals surface area contributed by atoms with E-state index in [0.29, 0.717) is 17.6 Å². The molecule has 0 bridgehead atoms. The minimum absolute atomic E-state index is 0.0248. The minimum Gasteiger partial charge on any atom is -0.462 e. The lowest BCUT2D eigenvalue weighted by Gasteiger charge is -2.09. The molecule has 3 aromatic rings. The number of fused-ring (bicyclic) bond motifs is 1. The average molecular weight is 307 g/mol. The van der Waals surface area contributed by atoms with Gasteiger partial charge in [-0.1, -0.05) is 18.2 Å². The second kappa shape index (κ2) is 6.08. The third-order valence-electron chi connectivity index (χ3n) is 3.77. The van der Waals surface area contributed by atoms with Crippen LogP contribution >= 0.6 is 0 Å². The third-order valence-corrected chi connectivity index (χ3v) is 3.77. The zero-order chi connectivity index (χ0) is 16.4. The Balaban J connectivity index is 2.09. The Kier molecular flexibility index (Phi) is 3.98. The Hall–Kier alpha value is -2.88. The molecule has 4 heteroatoms. The van der Waals surface area contributed by atoms with Gasteiger partial charge >= 0.3 is 5.97 Å². The van der Waals surface area contributed by atoms with Crippen LogP contribution in [-0.2, 0) is 4.74 Å². The fourth-order valence-electron chi connectivity index (χ4n) is 2.65. The van der Waals surface area contributed by atoms with Gasteiger partial charge in [0.1, 0.15) is 0 Å².